The second-order valence-electron chi connectivity index (χ2n) is 10.00. The van der Waals surface area contributed by atoms with Crippen molar-refractivity contribution in [2.45, 2.75) is 39.8 Å². The number of aryl methyl sites for hydroxylation is 2. The van der Waals surface area contributed by atoms with Crippen LogP contribution in [0.1, 0.15) is 41.7 Å². The lowest BCUT2D eigenvalue weighted by Gasteiger charge is -2.12. The van der Waals surface area contributed by atoms with Gasteiger partial charge in [0, 0.05) is 39.6 Å². The molecule has 3 aromatic carbocycles. The summed E-state index contributed by atoms with van der Waals surface area (Å²) in [4.78, 5) is 28.5. The van der Waals surface area contributed by atoms with Crippen LogP contribution in [0.5, 0.6) is 11.5 Å². The lowest BCUT2D eigenvalue weighted by atomic mass is 10.2. The van der Waals surface area contributed by atoms with Gasteiger partial charge in [-0.1, -0.05) is 22.9 Å². The van der Waals surface area contributed by atoms with Crippen molar-refractivity contribution in [3.8, 4) is 17.2 Å². The van der Waals surface area contributed by atoms with Crippen LogP contribution >= 0.6 is 15.9 Å². The summed E-state index contributed by atoms with van der Waals surface area (Å²) in [5.41, 5.74) is 1.63. The van der Waals surface area contributed by atoms with Crippen LogP contribution < -0.4 is 10.3 Å². The van der Waals surface area contributed by atoms with Gasteiger partial charge >= 0.3 is 11.9 Å². The highest BCUT2D eigenvalue weighted by molar-refractivity contribution is 9.10. The van der Waals surface area contributed by atoms with Gasteiger partial charge in [-0.2, -0.15) is 22.9 Å². The van der Waals surface area contributed by atoms with Crippen molar-refractivity contribution in [1.82, 2.24) is 14.2 Å². The van der Waals surface area contributed by atoms with Gasteiger partial charge in [0.15, 0.2) is 0 Å². The zero-order valence-electron chi connectivity index (χ0n) is 23.7. The Morgan fingerprint density at radius 3 is 2.45 bits per heavy atom. The minimum atomic E-state index is -4.72. The molecule has 0 amide bonds. The number of nitro benzene ring substituents is 1. The molecule has 0 atom stereocenters. The average Bonchev–Trinajstić information content (AvgIpc) is 3.25. The molecule has 0 spiro atoms. The van der Waals surface area contributed by atoms with Crippen LogP contribution in [-0.2, 0) is 12.6 Å². The maximum absolute atomic E-state index is 13.3. The fourth-order valence-corrected chi connectivity index (χ4v) is 5.21. The third kappa shape index (κ3) is 6.13. The van der Waals surface area contributed by atoms with Gasteiger partial charge in [-0.05, 0) is 80.9 Å². The van der Waals surface area contributed by atoms with Crippen molar-refractivity contribution in [1.29, 1.82) is 0 Å². The highest BCUT2D eigenvalue weighted by Gasteiger charge is 2.33. The lowest BCUT2D eigenvalue weighted by molar-refractivity contribution is -0.385. The van der Waals surface area contributed by atoms with Gasteiger partial charge in [-0.3, -0.25) is 14.9 Å². The molecule has 0 aliphatic heterocycles. The summed E-state index contributed by atoms with van der Waals surface area (Å²) in [5, 5.41) is 16.4. The first-order valence-corrected chi connectivity index (χ1v) is 14.2. The van der Waals surface area contributed by atoms with Gasteiger partial charge in [-0.15, -0.1) is 0 Å². The number of ether oxygens (including phenoxy) is 1. The van der Waals surface area contributed by atoms with Crippen molar-refractivity contribution in [2.24, 2.45) is 5.10 Å². The highest BCUT2D eigenvalue weighted by atomic mass is 79.9. The predicted octanol–water partition coefficient (Wildman–Crippen LogP) is 8.12. The molecule has 0 N–H and O–H groups in total. The molecule has 9 nitrogen and oxygen atoms in total. The molecule has 2 aromatic heterocycles. The number of hydrogen-bond donors (Lipinski definition) is 0. The molecule has 0 aliphatic rings. The summed E-state index contributed by atoms with van der Waals surface area (Å²) < 4.78 is 48.8. The third-order valence-corrected chi connectivity index (χ3v) is 7.43. The fraction of sp³-hybridized carbons (Fsp3) is 0.194. The van der Waals surface area contributed by atoms with E-state index in [2.05, 4.69) is 26.0 Å². The van der Waals surface area contributed by atoms with E-state index in [1.54, 1.807) is 42.6 Å². The van der Waals surface area contributed by atoms with Gasteiger partial charge < -0.3 is 9.30 Å². The molecule has 0 aliphatic carbocycles. The molecule has 13 heteroatoms. The zero-order valence-corrected chi connectivity index (χ0v) is 25.3. The largest absolute Gasteiger partial charge is 0.450 e. The van der Waals surface area contributed by atoms with Gasteiger partial charge in [0.2, 0.25) is 5.75 Å². The topological polar surface area (TPSA) is 105 Å². The van der Waals surface area contributed by atoms with E-state index in [1.807, 2.05) is 37.5 Å². The van der Waals surface area contributed by atoms with Crippen molar-refractivity contribution in [3.05, 3.63) is 120 Å². The van der Waals surface area contributed by atoms with E-state index in [0.717, 1.165) is 45.7 Å². The maximum Gasteiger partial charge on any atom is 0.416 e. The summed E-state index contributed by atoms with van der Waals surface area (Å²) in [6.45, 7) is 5.81. The van der Waals surface area contributed by atoms with E-state index in [-0.39, 0.29) is 17.1 Å². The van der Waals surface area contributed by atoms with E-state index >= 15 is 0 Å². The Morgan fingerprint density at radius 1 is 1.07 bits per heavy atom. The van der Waals surface area contributed by atoms with Crippen LogP contribution in [0.4, 0.5) is 18.9 Å². The minimum absolute atomic E-state index is 0.208. The van der Waals surface area contributed by atoms with Crippen molar-refractivity contribution < 1.29 is 22.8 Å². The van der Waals surface area contributed by atoms with Gasteiger partial charge in [0.1, 0.15) is 11.6 Å². The molecular formula is C31H25BrF3N5O4. The summed E-state index contributed by atoms with van der Waals surface area (Å²) in [5.74, 6) is 0.455. The highest BCUT2D eigenvalue weighted by Crippen LogP contribution is 2.38. The van der Waals surface area contributed by atoms with Crippen molar-refractivity contribution in [3.63, 3.8) is 0 Å². The maximum atomic E-state index is 13.3. The Balaban J connectivity index is 1.44. The van der Waals surface area contributed by atoms with E-state index in [1.165, 1.54) is 4.68 Å². The van der Waals surface area contributed by atoms with Crippen LogP contribution in [0.15, 0.2) is 81.1 Å². The Morgan fingerprint density at radius 2 is 1.80 bits per heavy atom. The molecule has 0 fully saturated rings. The summed E-state index contributed by atoms with van der Waals surface area (Å²) >= 11 is 3.41. The summed E-state index contributed by atoms with van der Waals surface area (Å²) in [7, 11) is 0. The van der Waals surface area contributed by atoms with Crippen LogP contribution in [0.2, 0.25) is 0 Å². The Bertz CT molecular complexity index is 1980. The first-order valence-electron chi connectivity index (χ1n) is 13.5. The normalized spacial score (nSPS) is 11.9. The number of alkyl halides is 3. The van der Waals surface area contributed by atoms with Crippen LogP contribution in [0, 0.1) is 24.0 Å². The predicted molar refractivity (Wildman–Crippen MR) is 164 cm³/mol. The number of hydrogen-bond acceptors (Lipinski definition) is 6. The molecule has 5 aromatic rings. The molecular weight excluding hydrogens is 643 g/mol. The smallest absolute Gasteiger partial charge is 0.416 e. The van der Waals surface area contributed by atoms with E-state index in [9.17, 15) is 28.1 Å². The zero-order chi connectivity index (χ0) is 31.8. The molecule has 0 unspecified atom stereocenters. The lowest BCUT2D eigenvalue weighted by Crippen LogP contribution is -2.22. The number of nitrogens with zero attached hydrogens (tertiary/aromatic N) is 5. The van der Waals surface area contributed by atoms with Crippen LogP contribution in [-0.4, -0.2) is 25.4 Å². The second-order valence-corrected chi connectivity index (χ2v) is 10.9. The SMILES string of the molecule is CCCc1nc2ccc(Br)cc2c(=O)n1N=Cc1cc(C)n(-c2ccc(Oc3ccc(C(F)(F)F)cc3[N+](=O)[O-])cc2)c1C. The molecule has 0 saturated carbocycles. The van der Waals surface area contributed by atoms with E-state index in [0.29, 0.717) is 29.2 Å². The molecule has 226 valence electrons. The van der Waals surface area contributed by atoms with E-state index < -0.39 is 22.4 Å². The number of halogens is 4. The monoisotopic (exact) mass is 667 g/mol. The quantitative estimate of drug-likeness (QED) is 0.0944. The molecule has 0 bridgehead atoms. The molecule has 0 radical (unpaired) electrons. The first kappa shape index (κ1) is 30.7. The minimum Gasteiger partial charge on any atom is -0.450 e. The Hall–Kier alpha value is -4.78. The molecule has 44 heavy (non-hydrogen) atoms. The average molecular weight is 668 g/mol. The molecule has 5 rings (SSSR count). The summed E-state index contributed by atoms with van der Waals surface area (Å²) in [6.07, 6.45) is -1.75. The Labute approximate surface area is 257 Å². The third-order valence-electron chi connectivity index (χ3n) is 6.94. The molecule has 0 saturated heterocycles. The standard InChI is InChI=1S/C31H25BrF3N5O4/c1-4-5-29-37-26-12-7-22(32)16-25(26)30(41)39(29)36-17-20-14-18(2)38(19(20)3)23-8-10-24(11-9-23)44-28-13-6-21(31(33,34)35)15-27(28)40(42)43/h6-17H,4-5H2,1-3H3. The van der Waals surface area contributed by atoms with Crippen molar-refractivity contribution >= 4 is 38.7 Å². The molecule has 2 heterocycles. The van der Waals surface area contributed by atoms with Gasteiger partial charge in [-0.25, -0.2) is 4.98 Å². The summed E-state index contributed by atoms with van der Waals surface area (Å²) in [6, 6.07) is 16.0. The number of rotatable bonds is 8. The van der Waals surface area contributed by atoms with Crippen LogP contribution in [0.25, 0.3) is 16.6 Å². The van der Waals surface area contributed by atoms with E-state index in [4.69, 9.17) is 4.74 Å². The Kier molecular flexibility index (Phi) is 8.42. The van der Waals surface area contributed by atoms with Gasteiger partial charge in [0.05, 0.1) is 27.6 Å². The van der Waals surface area contributed by atoms with Gasteiger partial charge in [0.25, 0.3) is 5.56 Å². The number of aromatic nitrogens is 3. The van der Waals surface area contributed by atoms with Crippen LogP contribution in [0.3, 0.4) is 0 Å². The number of benzene rings is 3. The number of fused-ring (bicyclic) bond motifs is 1. The second kappa shape index (κ2) is 12.1. The number of nitro groups is 1. The fourth-order valence-electron chi connectivity index (χ4n) is 4.85. The van der Waals surface area contributed by atoms with Crippen molar-refractivity contribution in [2.75, 3.05) is 0 Å². The first-order chi connectivity index (χ1) is 20.9.